The van der Waals surface area contributed by atoms with Gasteiger partial charge in [0.25, 0.3) is 5.91 Å². The Morgan fingerprint density at radius 3 is 2.61 bits per heavy atom. The number of benzene rings is 1. The number of carbonyl (C=O) groups is 1. The van der Waals surface area contributed by atoms with Crippen molar-refractivity contribution < 1.29 is 9.18 Å². The van der Waals surface area contributed by atoms with Gasteiger partial charge in [0, 0.05) is 4.47 Å². The summed E-state index contributed by atoms with van der Waals surface area (Å²) >= 11 is 6.34. The second-order valence-electron chi connectivity index (χ2n) is 3.42. The summed E-state index contributed by atoms with van der Waals surface area (Å²) in [6.07, 6.45) is 1.48. The van der Waals surface area contributed by atoms with E-state index >= 15 is 0 Å². The highest BCUT2D eigenvalue weighted by atomic mass is 79.9. The summed E-state index contributed by atoms with van der Waals surface area (Å²) in [6, 6.07) is 7.73. The number of carbonyl (C=O) groups excluding carboxylic acids is 1. The lowest BCUT2D eigenvalue weighted by atomic mass is 10.2. The van der Waals surface area contributed by atoms with Gasteiger partial charge in [0.1, 0.15) is 10.4 Å². The highest BCUT2D eigenvalue weighted by molar-refractivity contribution is 9.10. The molecule has 92 valence electrons. The Labute approximate surface area is 120 Å². The Kier molecular flexibility index (Phi) is 4.08. The van der Waals surface area contributed by atoms with Crippen molar-refractivity contribution in [3.05, 3.63) is 57.0 Å². The Morgan fingerprint density at radius 1 is 1.22 bits per heavy atom. The number of anilines is 1. The van der Waals surface area contributed by atoms with Crippen molar-refractivity contribution in [3.63, 3.8) is 0 Å². The number of pyridine rings is 1. The fourth-order valence-electron chi connectivity index (χ4n) is 1.36. The molecular weight excluding hydrogens is 367 g/mol. The first-order valence-electron chi connectivity index (χ1n) is 4.95. The molecule has 18 heavy (non-hydrogen) atoms. The first-order chi connectivity index (χ1) is 8.58. The summed E-state index contributed by atoms with van der Waals surface area (Å²) in [5.41, 5.74) is 0.471. The molecule has 6 heteroatoms. The minimum atomic E-state index is -0.577. The van der Waals surface area contributed by atoms with Gasteiger partial charge in [-0.1, -0.05) is 6.07 Å². The SMILES string of the molecule is O=C(Nc1ccc(Br)nc1)c1c(F)cccc1Br. The van der Waals surface area contributed by atoms with Gasteiger partial charge >= 0.3 is 0 Å². The number of amides is 1. The third kappa shape index (κ3) is 2.94. The van der Waals surface area contributed by atoms with Crippen LogP contribution in [-0.4, -0.2) is 10.9 Å². The van der Waals surface area contributed by atoms with Gasteiger partial charge < -0.3 is 5.32 Å². The van der Waals surface area contributed by atoms with Gasteiger partial charge in [-0.3, -0.25) is 4.79 Å². The zero-order chi connectivity index (χ0) is 13.1. The molecule has 3 nitrogen and oxygen atoms in total. The molecule has 0 saturated carbocycles. The number of hydrogen-bond acceptors (Lipinski definition) is 2. The van der Waals surface area contributed by atoms with Crippen LogP contribution in [0.25, 0.3) is 0 Å². The van der Waals surface area contributed by atoms with Crippen LogP contribution in [-0.2, 0) is 0 Å². The van der Waals surface area contributed by atoms with Crippen molar-refractivity contribution in [1.82, 2.24) is 4.98 Å². The molecule has 1 aromatic heterocycles. The van der Waals surface area contributed by atoms with Crippen molar-refractivity contribution in [2.45, 2.75) is 0 Å². The zero-order valence-electron chi connectivity index (χ0n) is 8.95. The molecule has 0 aliphatic rings. The average Bonchev–Trinajstić information content (AvgIpc) is 2.32. The number of aromatic nitrogens is 1. The predicted molar refractivity (Wildman–Crippen MR) is 74.0 cm³/mol. The van der Waals surface area contributed by atoms with Gasteiger partial charge in [0.2, 0.25) is 0 Å². The van der Waals surface area contributed by atoms with Crippen LogP contribution in [0.4, 0.5) is 10.1 Å². The molecule has 0 aliphatic carbocycles. The van der Waals surface area contributed by atoms with E-state index in [1.165, 1.54) is 18.3 Å². The third-order valence-electron chi connectivity index (χ3n) is 2.18. The van der Waals surface area contributed by atoms with E-state index in [2.05, 4.69) is 42.2 Å². The van der Waals surface area contributed by atoms with E-state index in [1.54, 1.807) is 18.2 Å². The van der Waals surface area contributed by atoms with Gasteiger partial charge in [-0.15, -0.1) is 0 Å². The number of nitrogens with one attached hydrogen (secondary N) is 1. The summed E-state index contributed by atoms with van der Waals surface area (Å²) in [4.78, 5) is 15.9. The first-order valence-corrected chi connectivity index (χ1v) is 6.53. The predicted octanol–water partition coefficient (Wildman–Crippen LogP) is 4.00. The van der Waals surface area contributed by atoms with Crippen molar-refractivity contribution in [3.8, 4) is 0 Å². The summed E-state index contributed by atoms with van der Waals surface area (Å²) in [7, 11) is 0. The van der Waals surface area contributed by atoms with Crippen LogP contribution in [0.5, 0.6) is 0 Å². The van der Waals surface area contributed by atoms with Crippen molar-refractivity contribution in [2.24, 2.45) is 0 Å². The normalized spacial score (nSPS) is 10.2. The van der Waals surface area contributed by atoms with E-state index in [-0.39, 0.29) is 5.56 Å². The second kappa shape index (κ2) is 5.58. The van der Waals surface area contributed by atoms with E-state index in [0.717, 1.165) is 0 Å². The van der Waals surface area contributed by atoms with Gasteiger partial charge in [-0.05, 0) is 56.1 Å². The molecule has 0 aliphatic heterocycles. The highest BCUT2D eigenvalue weighted by Crippen LogP contribution is 2.21. The lowest BCUT2D eigenvalue weighted by molar-refractivity contribution is 0.102. The summed E-state index contributed by atoms with van der Waals surface area (Å²) in [6.45, 7) is 0. The standard InChI is InChI=1S/C12H7Br2FN2O/c13-8-2-1-3-9(15)11(8)12(18)17-7-4-5-10(14)16-6-7/h1-6H,(H,17,18). The lowest BCUT2D eigenvalue weighted by Crippen LogP contribution is -2.14. The fraction of sp³-hybridized carbons (Fsp3) is 0. The molecule has 1 aromatic carbocycles. The summed E-state index contributed by atoms with van der Waals surface area (Å²) < 4.78 is 14.6. The zero-order valence-corrected chi connectivity index (χ0v) is 12.1. The highest BCUT2D eigenvalue weighted by Gasteiger charge is 2.15. The number of nitrogens with zero attached hydrogens (tertiary/aromatic N) is 1. The Balaban J connectivity index is 2.25. The van der Waals surface area contributed by atoms with Crippen LogP contribution in [0, 0.1) is 5.82 Å². The average molecular weight is 374 g/mol. The molecular formula is C12H7Br2FN2O. The minimum absolute atomic E-state index is 0.0274. The van der Waals surface area contributed by atoms with E-state index in [1.807, 2.05) is 0 Å². The maximum Gasteiger partial charge on any atom is 0.259 e. The molecule has 1 amide bonds. The molecule has 0 unspecified atom stereocenters. The van der Waals surface area contributed by atoms with Gasteiger partial charge in [-0.25, -0.2) is 9.37 Å². The minimum Gasteiger partial charge on any atom is -0.320 e. The molecule has 0 fully saturated rings. The van der Waals surface area contributed by atoms with E-state index < -0.39 is 11.7 Å². The quantitative estimate of drug-likeness (QED) is 0.808. The van der Waals surface area contributed by atoms with Crippen LogP contribution >= 0.6 is 31.9 Å². The number of hydrogen-bond donors (Lipinski definition) is 1. The number of halogens is 3. The van der Waals surface area contributed by atoms with Crippen molar-refractivity contribution >= 4 is 43.5 Å². The summed E-state index contributed by atoms with van der Waals surface area (Å²) in [5, 5.41) is 2.57. The second-order valence-corrected chi connectivity index (χ2v) is 5.09. The fourth-order valence-corrected chi connectivity index (χ4v) is 2.11. The van der Waals surface area contributed by atoms with Crippen LogP contribution in [0.15, 0.2) is 45.6 Å². The first kappa shape index (κ1) is 13.2. The third-order valence-corrected chi connectivity index (χ3v) is 3.30. The van der Waals surface area contributed by atoms with Gasteiger partial charge in [-0.2, -0.15) is 0 Å². The van der Waals surface area contributed by atoms with Gasteiger partial charge in [0.15, 0.2) is 0 Å². The van der Waals surface area contributed by atoms with E-state index in [0.29, 0.717) is 14.8 Å². The van der Waals surface area contributed by atoms with Crippen molar-refractivity contribution in [2.75, 3.05) is 5.32 Å². The molecule has 0 spiro atoms. The molecule has 1 N–H and O–H groups in total. The Morgan fingerprint density at radius 2 is 2.00 bits per heavy atom. The molecule has 2 rings (SSSR count). The summed E-state index contributed by atoms with van der Waals surface area (Å²) in [5.74, 6) is -1.10. The topological polar surface area (TPSA) is 42.0 Å². The van der Waals surface area contributed by atoms with Crippen LogP contribution in [0.1, 0.15) is 10.4 Å². The lowest BCUT2D eigenvalue weighted by Gasteiger charge is -2.07. The van der Waals surface area contributed by atoms with Crippen LogP contribution < -0.4 is 5.32 Å². The largest absolute Gasteiger partial charge is 0.320 e. The molecule has 0 atom stereocenters. The monoisotopic (exact) mass is 372 g/mol. The number of rotatable bonds is 2. The smallest absolute Gasteiger partial charge is 0.259 e. The van der Waals surface area contributed by atoms with Crippen LogP contribution in [0.3, 0.4) is 0 Å². The molecule has 2 aromatic rings. The van der Waals surface area contributed by atoms with Crippen molar-refractivity contribution in [1.29, 1.82) is 0 Å². The van der Waals surface area contributed by atoms with Gasteiger partial charge in [0.05, 0.1) is 17.4 Å². The maximum absolute atomic E-state index is 13.6. The molecule has 1 heterocycles. The Hall–Kier alpha value is -1.27. The molecule has 0 saturated heterocycles. The van der Waals surface area contributed by atoms with Crippen LogP contribution in [0.2, 0.25) is 0 Å². The molecule has 0 radical (unpaired) electrons. The van der Waals surface area contributed by atoms with E-state index in [4.69, 9.17) is 0 Å². The molecule has 0 bridgehead atoms. The maximum atomic E-state index is 13.6. The van der Waals surface area contributed by atoms with E-state index in [9.17, 15) is 9.18 Å². The Bertz CT molecular complexity index is 567.